The number of fused-ring (bicyclic) bond motifs is 1. The summed E-state index contributed by atoms with van der Waals surface area (Å²) in [4.78, 5) is 21.5. The molecule has 180 valence electrons. The lowest BCUT2D eigenvalue weighted by Crippen LogP contribution is -2.48. The highest BCUT2D eigenvalue weighted by Crippen LogP contribution is 2.27. The predicted molar refractivity (Wildman–Crippen MR) is 121 cm³/mol. The van der Waals surface area contributed by atoms with Gasteiger partial charge in [-0.05, 0) is 48.0 Å². The third kappa shape index (κ3) is 4.74. The molecule has 0 unspecified atom stereocenters. The van der Waals surface area contributed by atoms with Gasteiger partial charge in [0.05, 0.1) is 11.9 Å². The van der Waals surface area contributed by atoms with Crippen molar-refractivity contribution in [3.8, 4) is 11.3 Å². The van der Waals surface area contributed by atoms with E-state index in [0.29, 0.717) is 38.3 Å². The van der Waals surface area contributed by atoms with E-state index < -0.39 is 17.9 Å². The van der Waals surface area contributed by atoms with E-state index in [1.54, 1.807) is 11.0 Å². The quantitative estimate of drug-likeness (QED) is 0.391. The fraction of sp³-hybridized carbons (Fsp3) is 0.240. The lowest BCUT2D eigenvalue weighted by molar-refractivity contribution is 0.0630. The fourth-order valence-corrected chi connectivity index (χ4v) is 4.23. The van der Waals surface area contributed by atoms with E-state index in [1.165, 1.54) is 48.7 Å². The molecule has 10 heteroatoms. The lowest BCUT2D eigenvalue weighted by Gasteiger charge is -2.34. The molecule has 1 fully saturated rings. The van der Waals surface area contributed by atoms with Crippen LogP contribution in [0.5, 0.6) is 0 Å². The first-order valence-electron chi connectivity index (χ1n) is 11.1. The number of carbonyl (C=O) groups excluding carboxylic acids is 1. The second-order valence-electron chi connectivity index (χ2n) is 8.37. The van der Waals surface area contributed by atoms with Gasteiger partial charge in [-0.25, -0.2) is 27.1 Å². The second-order valence-corrected chi connectivity index (χ2v) is 8.37. The molecular formula is C25H21F4N5O. The zero-order valence-electron chi connectivity index (χ0n) is 18.5. The summed E-state index contributed by atoms with van der Waals surface area (Å²) in [7, 11) is 0. The van der Waals surface area contributed by atoms with Crippen LogP contribution in [0.25, 0.3) is 16.9 Å². The normalized spacial score (nSPS) is 14.7. The minimum atomic E-state index is -2.85. The summed E-state index contributed by atoms with van der Waals surface area (Å²) in [5.74, 6) is -1.10. The molecule has 1 saturated heterocycles. The highest BCUT2D eigenvalue weighted by Gasteiger charge is 2.27. The van der Waals surface area contributed by atoms with Gasteiger partial charge in [0.1, 0.15) is 22.9 Å². The minimum absolute atomic E-state index is 0.0225. The molecule has 0 bridgehead atoms. The van der Waals surface area contributed by atoms with Crippen molar-refractivity contribution >= 4 is 11.6 Å². The molecule has 2 aromatic heterocycles. The van der Waals surface area contributed by atoms with Crippen LogP contribution in [0.2, 0.25) is 0 Å². The SMILES string of the molecule is O=C(c1cnn2c(C(F)F)cc(-c3ccc(F)cc3)nc12)N1CCN(Cc2cccc(F)c2)CC1. The van der Waals surface area contributed by atoms with E-state index in [9.17, 15) is 22.4 Å². The molecule has 1 aliphatic heterocycles. The predicted octanol–water partition coefficient (Wildman–Crippen LogP) is 4.57. The molecule has 1 aliphatic rings. The molecule has 3 heterocycles. The summed E-state index contributed by atoms with van der Waals surface area (Å²) in [6.07, 6.45) is -1.60. The van der Waals surface area contributed by atoms with Crippen LogP contribution in [-0.4, -0.2) is 56.5 Å². The van der Waals surface area contributed by atoms with Crippen LogP contribution < -0.4 is 0 Å². The molecule has 0 aliphatic carbocycles. The molecule has 2 aromatic carbocycles. The molecule has 6 nitrogen and oxygen atoms in total. The Kier molecular flexibility index (Phi) is 6.21. The van der Waals surface area contributed by atoms with Crippen molar-refractivity contribution in [1.29, 1.82) is 0 Å². The molecule has 4 aromatic rings. The van der Waals surface area contributed by atoms with Gasteiger partial charge < -0.3 is 4.90 Å². The van der Waals surface area contributed by atoms with E-state index in [4.69, 9.17) is 0 Å². The average Bonchev–Trinajstić information content (AvgIpc) is 3.28. The van der Waals surface area contributed by atoms with Crippen molar-refractivity contribution in [3.05, 3.63) is 89.2 Å². The Hall–Kier alpha value is -3.79. The van der Waals surface area contributed by atoms with Gasteiger partial charge in [-0.3, -0.25) is 9.69 Å². The number of nitrogens with zero attached hydrogens (tertiary/aromatic N) is 5. The van der Waals surface area contributed by atoms with Gasteiger partial charge in [0.15, 0.2) is 5.65 Å². The highest BCUT2D eigenvalue weighted by molar-refractivity contribution is 6.00. The molecule has 1 amide bonds. The molecule has 35 heavy (non-hydrogen) atoms. The van der Waals surface area contributed by atoms with Crippen LogP contribution >= 0.6 is 0 Å². The summed E-state index contributed by atoms with van der Waals surface area (Å²) >= 11 is 0. The van der Waals surface area contributed by atoms with Crippen LogP contribution in [0, 0.1) is 11.6 Å². The Morgan fingerprint density at radius 1 is 0.943 bits per heavy atom. The Morgan fingerprint density at radius 2 is 1.69 bits per heavy atom. The van der Waals surface area contributed by atoms with Crippen molar-refractivity contribution in [2.75, 3.05) is 26.2 Å². The van der Waals surface area contributed by atoms with Crippen molar-refractivity contribution in [1.82, 2.24) is 24.4 Å². The monoisotopic (exact) mass is 483 g/mol. The maximum atomic E-state index is 13.8. The number of halogens is 4. The summed E-state index contributed by atoms with van der Waals surface area (Å²) in [6.45, 7) is 2.57. The zero-order chi connectivity index (χ0) is 24.5. The zero-order valence-corrected chi connectivity index (χ0v) is 18.5. The summed E-state index contributed by atoms with van der Waals surface area (Å²) in [5.41, 5.74) is 1.23. The number of hydrogen-bond acceptors (Lipinski definition) is 4. The van der Waals surface area contributed by atoms with Gasteiger partial charge in [0, 0.05) is 38.3 Å². The van der Waals surface area contributed by atoms with E-state index in [2.05, 4.69) is 15.0 Å². The van der Waals surface area contributed by atoms with Crippen LogP contribution in [0.1, 0.15) is 28.0 Å². The van der Waals surface area contributed by atoms with Gasteiger partial charge in [0.25, 0.3) is 12.3 Å². The van der Waals surface area contributed by atoms with Gasteiger partial charge in [-0.1, -0.05) is 12.1 Å². The highest BCUT2D eigenvalue weighted by atomic mass is 19.3. The summed E-state index contributed by atoms with van der Waals surface area (Å²) in [5, 5.41) is 4.00. The standard InChI is InChI=1S/C25H21F4N5O/c26-18-6-4-17(5-7-18)21-13-22(23(28)29)34-24(31-21)20(14-30-34)25(35)33-10-8-32(9-11-33)15-16-2-1-3-19(27)12-16/h1-7,12-14,23H,8-11,15H2. The molecule has 0 atom stereocenters. The third-order valence-corrected chi connectivity index (χ3v) is 6.05. The number of rotatable bonds is 5. The molecule has 0 spiro atoms. The van der Waals surface area contributed by atoms with Gasteiger partial charge in [-0.2, -0.15) is 5.10 Å². The summed E-state index contributed by atoms with van der Waals surface area (Å²) in [6, 6.07) is 12.9. The first-order valence-corrected chi connectivity index (χ1v) is 11.1. The number of aromatic nitrogens is 3. The van der Waals surface area contributed by atoms with Crippen LogP contribution in [-0.2, 0) is 6.54 Å². The molecule has 0 N–H and O–H groups in total. The van der Waals surface area contributed by atoms with Crippen molar-refractivity contribution in [3.63, 3.8) is 0 Å². The van der Waals surface area contributed by atoms with Crippen LogP contribution in [0.4, 0.5) is 17.6 Å². The number of benzene rings is 2. The minimum Gasteiger partial charge on any atom is -0.336 e. The number of hydrogen-bond donors (Lipinski definition) is 0. The Bertz CT molecular complexity index is 1360. The van der Waals surface area contributed by atoms with Crippen LogP contribution in [0.3, 0.4) is 0 Å². The molecule has 0 radical (unpaired) electrons. The van der Waals surface area contributed by atoms with Crippen molar-refractivity contribution in [2.45, 2.75) is 13.0 Å². The van der Waals surface area contributed by atoms with Gasteiger partial charge in [-0.15, -0.1) is 0 Å². The van der Waals surface area contributed by atoms with E-state index in [-0.39, 0.29) is 28.6 Å². The number of carbonyl (C=O) groups is 1. The average molecular weight is 483 g/mol. The van der Waals surface area contributed by atoms with Crippen molar-refractivity contribution in [2.24, 2.45) is 0 Å². The molecule has 5 rings (SSSR count). The molecule has 0 saturated carbocycles. The topological polar surface area (TPSA) is 53.7 Å². The van der Waals surface area contributed by atoms with Gasteiger partial charge >= 0.3 is 0 Å². The van der Waals surface area contributed by atoms with Crippen molar-refractivity contribution < 1.29 is 22.4 Å². The van der Waals surface area contributed by atoms with E-state index in [1.807, 2.05) is 6.07 Å². The summed E-state index contributed by atoms with van der Waals surface area (Å²) < 4.78 is 55.4. The van der Waals surface area contributed by atoms with Gasteiger partial charge in [0.2, 0.25) is 0 Å². The maximum absolute atomic E-state index is 13.8. The largest absolute Gasteiger partial charge is 0.336 e. The lowest BCUT2D eigenvalue weighted by atomic mass is 10.1. The maximum Gasteiger partial charge on any atom is 0.280 e. The number of piperazine rings is 1. The van der Waals surface area contributed by atoms with E-state index >= 15 is 0 Å². The Labute approximate surface area is 198 Å². The molecular weight excluding hydrogens is 462 g/mol. The second kappa shape index (κ2) is 9.46. The fourth-order valence-electron chi connectivity index (χ4n) is 4.23. The number of amides is 1. The first-order chi connectivity index (χ1) is 16.9. The Morgan fingerprint density at radius 3 is 2.37 bits per heavy atom. The smallest absolute Gasteiger partial charge is 0.280 e. The van der Waals surface area contributed by atoms with Crippen LogP contribution in [0.15, 0.2) is 60.8 Å². The van der Waals surface area contributed by atoms with E-state index in [0.717, 1.165) is 10.1 Å². The number of alkyl halides is 2. The third-order valence-electron chi connectivity index (χ3n) is 6.05. The first kappa shape index (κ1) is 23.0. The Balaban J connectivity index is 1.38.